The van der Waals surface area contributed by atoms with Crippen molar-refractivity contribution >= 4 is 6.09 Å². The number of nitrogens with one attached hydrogen (secondary N) is 1. The molecule has 1 unspecified atom stereocenters. The molecule has 3 N–H and O–H groups in total. The van der Waals surface area contributed by atoms with Crippen LogP contribution in [0.1, 0.15) is 26.7 Å². The first-order valence-corrected chi connectivity index (χ1v) is 3.79. The zero-order chi connectivity index (χ0) is 8.85. The number of rotatable bonds is 4. The highest BCUT2D eigenvalue weighted by atomic mass is 16.4. The predicted molar refractivity (Wildman–Crippen MR) is 41.5 cm³/mol. The van der Waals surface area contributed by atoms with Crippen molar-refractivity contribution in [2.75, 3.05) is 0 Å². The SMILES string of the molecule is CCC(O)[C@H](CC)NC(=O)O. The van der Waals surface area contributed by atoms with Gasteiger partial charge in [-0.15, -0.1) is 0 Å². The highest BCUT2D eigenvalue weighted by molar-refractivity contribution is 5.64. The second-order valence-corrected chi connectivity index (χ2v) is 2.44. The average molecular weight is 161 g/mol. The van der Waals surface area contributed by atoms with Crippen molar-refractivity contribution < 1.29 is 15.0 Å². The van der Waals surface area contributed by atoms with Crippen LogP contribution in [0.25, 0.3) is 0 Å². The molecule has 0 aliphatic rings. The minimum atomic E-state index is -1.08. The Morgan fingerprint density at radius 2 is 2.00 bits per heavy atom. The van der Waals surface area contributed by atoms with Crippen molar-refractivity contribution in [3.63, 3.8) is 0 Å². The second-order valence-electron chi connectivity index (χ2n) is 2.44. The summed E-state index contributed by atoms with van der Waals surface area (Å²) < 4.78 is 0. The number of hydrogen-bond donors (Lipinski definition) is 3. The molecule has 0 aliphatic carbocycles. The van der Waals surface area contributed by atoms with Gasteiger partial charge in [0, 0.05) is 0 Å². The first-order chi connectivity index (χ1) is 5.11. The molecule has 4 heteroatoms. The van der Waals surface area contributed by atoms with Crippen LogP contribution in [-0.4, -0.2) is 28.5 Å². The molecule has 0 rings (SSSR count). The molecule has 2 atom stereocenters. The Labute approximate surface area is 66.2 Å². The molecule has 0 saturated heterocycles. The number of carbonyl (C=O) groups is 1. The lowest BCUT2D eigenvalue weighted by molar-refractivity contribution is 0.114. The fraction of sp³-hybridized carbons (Fsp3) is 0.857. The third-order valence-electron chi connectivity index (χ3n) is 1.63. The fourth-order valence-corrected chi connectivity index (χ4v) is 0.913. The molecule has 1 amide bonds. The van der Waals surface area contributed by atoms with Crippen LogP contribution in [0.5, 0.6) is 0 Å². The van der Waals surface area contributed by atoms with E-state index < -0.39 is 12.2 Å². The van der Waals surface area contributed by atoms with Crippen molar-refractivity contribution in [2.45, 2.75) is 38.8 Å². The van der Waals surface area contributed by atoms with E-state index in [2.05, 4.69) is 5.32 Å². The minimum absolute atomic E-state index is 0.336. The van der Waals surface area contributed by atoms with Gasteiger partial charge in [0.15, 0.2) is 0 Å². The van der Waals surface area contributed by atoms with E-state index in [9.17, 15) is 9.90 Å². The molecule has 0 saturated carbocycles. The van der Waals surface area contributed by atoms with Crippen molar-refractivity contribution in [2.24, 2.45) is 0 Å². The van der Waals surface area contributed by atoms with Crippen molar-refractivity contribution in [1.29, 1.82) is 0 Å². The van der Waals surface area contributed by atoms with Crippen molar-refractivity contribution in [3.8, 4) is 0 Å². The summed E-state index contributed by atoms with van der Waals surface area (Å²) in [6.07, 6.45) is -0.472. The zero-order valence-corrected chi connectivity index (χ0v) is 6.87. The monoisotopic (exact) mass is 161 g/mol. The minimum Gasteiger partial charge on any atom is -0.465 e. The van der Waals surface area contributed by atoms with Crippen molar-refractivity contribution in [3.05, 3.63) is 0 Å². The van der Waals surface area contributed by atoms with Crippen LogP contribution in [-0.2, 0) is 0 Å². The van der Waals surface area contributed by atoms with Crippen LogP contribution >= 0.6 is 0 Å². The van der Waals surface area contributed by atoms with Gasteiger partial charge in [-0.3, -0.25) is 0 Å². The molecule has 0 aliphatic heterocycles. The number of aliphatic hydroxyl groups excluding tert-OH is 1. The molecule has 0 aromatic heterocycles. The molecule has 66 valence electrons. The average Bonchev–Trinajstić information content (AvgIpc) is 1.98. The maximum atomic E-state index is 10.2. The van der Waals surface area contributed by atoms with Crippen LogP contribution in [0, 0.1) is 0 Å². The van der Waals surface area contributed by atoms with E-state index >= 15 is 0 Å². The lowest BCUT2D eigenvalue weighted by Crippen LogP contribution is -2.41. The standard InChI is InChI=1S/C7H15NO3/c1-3-5(6(9)4-2)8-7(10)11/h5-6,8-9H,3-4H2,1-2H3,(H,10,11)/t5-,6?/m0/s1. The van der Waals surface area contributed by atoms with E-state index in [0.29, 0.717) is 12.8 Å². The first-order valence-electron chi connectivity index (χ1n) is 3.79. The lowest BCUT2D eigenvalue weighted by Gasteiger charge is -2.19. The Morgan fingerprint density at radius 3 is 2.27 bits per heavy atom. The van der Waals surface area contributed by atoms with Crippen LogP contribution < -0.4 is 5.32 Å². The van der Waals surface area contributed by atoms with Crippen molar-refractivity contribution in [1.82, 2.24) is 5.32 Å². The molecule has 0 bridgehead atoms. The van der Waals surface area contributed by atoms with Gasteiger partial charge in [0.05, 0.1) is 12.1 Å². The summed E-state index contributed by atoms with van der Waals surface area (Å²) in [5.41, 5.74) is 0. The van der Waals surface area contributed by atoms with Gasteiger partial charge < -0.3 is 15.5 Å². The highest BCUT2D eigenvalue weighted by Gasteiger charge is 2.16. The maximum absolute atomic E-state index is 10.2. The molecule has 0 radical (unpaired) electrons. The van der Waals surface area contributed by atoms with E-state index in [1.165, 1.54) is 0 Å². The van der Waals surface area contributed by atoms with Crippen LogP contribution in [0.15, 0.2) is 0 Å². The van der Waals surface area contributed by atoms with Gasteiger partial charge >= 0.3 is 6.09 Å². The molecular weight excluding hydrogens is 146 g/mol. The Kier molecular flexibility index (Phi) is 4.61. The third kappa shape index (κ3) is 3.83. The van der Waals surface area contributed by atoms with Gasteiger partial charge in [-0.2, -0.15) is 0 Å². The Bertz CT molecular complexity index is 127. The Balaban J connectivity index is 3.84. The van der Waals surface area contributed by atoms with Gasteiger partial charge in [-0.25, -0.2) is 4.79 Å². The summed E-state index contributed by atoms with van der Waals surface area (Å²) in [5, 5.41) is 19.8. The largest absolute Gasteiger partial charge is 0.465 e. The molecule has 0 fully saturated rings. The summed E-state index contributed by atoms with van der Waals surface area (Å²) in [5.74, 6) is 0. The molecule has 4 nitrogen and oxygen atoms in total. The number of carboxylic acid groups (broad SMARTS) is 1. The molecule has 0 spiro atoms. The van der Waals surface area contributed by atoms with E-state index in [1.807, 2.05) is 13.8 Å². The lowest BCUT2D eigenvalue weighted by atomic mass is 10.1. The molecule has 0 aromatic rings. The topological polar surface area (TPSA) is 69.6 Å². The summed E-state index contributed by atoms with van der Waals surface area (Å²) in [6, 6.07) is -0.336. The Morgan fingerprint density at radius 1 is 1.45 bits per heavy atom. The smallest absolute Gasteiger partial charge is 0.404 e. The maximum Gasteiger partial charge on any atom is 0.404 e. The molecule has 0 heterocycles. The predicted octanol–water partition coefficient (Wildman–Crippen LogP) is 0.804. The summed E-state index contributed by atoms with van der Waals surface area (Å²) in [4.78, 5) is 10.2. The van der Waals surface area contributed by atoms with E-state index in [0.717, 1.165) is 0 Å². The molecular formula is C7H15NO3. The van der Waals surface area contributed by atoms with Gasteiger partial charge in [0.2, 0.25) is 0 Å². The second kappa shape index (κ2) is 4.96. The number of hydrogen-bond acceptors (Lipinski definition) is 2. The van der Waals surface area contributed by atoms with Gasteiger partial charge in [-0.1, -0.05) is 13.8 Å². The number of amides is 1. The highest BCUT2D eigenvalue weighted by Crippen LogP contribution is 2.01. The summed E-state index contributed by atoms with van der Waals surface area (Å²) in [7, 11) is 0. The first kappa shape index (κ1) is 10.2. The number of aliphatic hydroxyl groups is 1. The van der Waals surface area contributed by atoms with E-state index in [1.54, 1.807) is 0 Å². The Hall–Kier alpha value is -0.770. The van der Waals surface area contributed by atoms with Crippen LogP contribution in [0.3, 0.4) is 0 Å². The fourth-order valence-electron chi connectivity index (χ4n) is 0.913. The van der Waals surface area contributed by atoms with E-state index in [4.69, 9.17) is 5.11 Å². The normalized spacial score (nSPS) is 15.5. The summed E-state index contributed by atoms with van der Waals surface area (Å²) in [6.45, 7) is 3.65. The molecule has 0 aromatic carbocycles. The van der Waals surface area contributed by atoms with Crippen LogP contribution in [0.2, 0.25) is 0 Å². The molecule has 11 heavy (non-hydrogen) atoms. The summed E-state index contributed by atoms with van der Waals surface area (Å²) >= 11 is 0. The quantitative estimate of drug-likeness (QED) is 0.571. The van der Waals surface area contributed by atoms with E-state index in [-0.39, 0.29) is 6.04 Å². The zero-order valence-electron chi connectivity index (χ0n) is 6.87. The van der Waals surface area contributed by atoms with Gasteiger partial charge in [0.25, 0.3) is 0 Å². The van der Waals surface area contributed by atoms with Gasteiger partial charge in [-0.05, 0) is 12.8 Å². The third-order valence-corrected chi connectivity index (χ3v) is 1.63. The van der Waals surface area contributed by atoms with Crippen LogP contribution in [0.4, 0.5) is 4.79 Å². The van der Waals surface area contributed by atoms with Gasteiger partial charge in [0.1, 0.15) is 0 Å².